The molecule has 1 amide bonds. The lowest BCUT2D eigenvalue weighted by Crippen LogP contribution is -2.12. The van der Waals surface area contributed by atoms with Gasteiger partial charge in [0, 0.05) is 17.5 Å². The smallest absolute Gasteiger partial charge is 0.255 e. The molecule has 0 bridgehead atoms. The zero-order valence-electron chi connectivity index (χ0n) is 9.14. The van der Waals surface area contributed by atoms with Gasteiger partial charge >= 0.3 is 0 Å². The molecule has 0 atom stereocenters. The number of hydrogen-bond donors (Lipinski definition) is 1. The summed E-state index contributed by atoms with van der Waals surface area (Å²) >= 11 is 0. The summed E-state index contributed by atoms with van der Waals surface area (Å²) in [6, 6.07) is 5.92. The van der Waals surface area contributed by atoms with Crippen molar-refractivity contribution in [2.24, 2.45) is 0 Å². The van der Waals surface area contributed by atoms with Gasteiger partial charge in [0.15, 0.2) is 0 Å². The Morgan fingerprint density at radius 1 is 1.29 bits per heavy atom. The summed E-state index contributed by atoms with van der Waals surface area (Å²) < 4.78 is 12.6. The average Bonchev–Trinajstić information content (AvgIpc) is 2.32. The molecule has 1 N–H and O–H groups in total. The fraction of sp³-hybridized carbons (Fsp3) is 0.0833. The van der Waals surface area contributed by atoms with Crippen LogP contribution in [0.15, 0.2) is 36.7 Å². The van der Waals surface area contributed by atoms with Gasteiger partial charge in [-0.2, -0.15) is 4.39 Å². The zero-order chi connectivity index (χ0) is 12.3. The van der Waals surface area contributed by atoms with E-state index in [-0.39, 0.29) is 5.91 Å². The van der Waals surface area contributed by atoms with Gasteiger partial charge in [0.1, 0.15) is 0 Å². The molecular formula is C12H10FN3O. The lowest BCUT2D eigenvalue weighted by molar-refractivity contribution is 0.102. The topological polar surface area (TPSA) is 54.9 Å². The molecule has 17 heavy (non-hydrogen) atoms. The second-order valence-corrected chi connectivity index (χ2v) is 3.51. The molecular weight excluding hydrogens is 221 g/mol. The van der Waals surface area contributed by atoms with Gasteiger partial charge < -0.3 is 5.32 Å². The highest BCUT2D eigenvalue weighted by Crippen LogP contribution is 2.08. The standard InChI is InChI=1S/C12H10FN3O/c1-8-6-9(4-5-14-8)12(17)16-10-2-3-11(13)15-7-10/h2-7H,1H3,(H,16,17). The van der Waals surface area contributed by atoms with Crippen LogP contribution in [0.3, 0.4) is 0 Å². The molecule has 0 fully saturated rings. The van der Waals surface area contributed by atoms with Gasteiger partial charge in [-0.05, 0) is 31.2 Å². The summed E-state index contributed by atoms with van der Waals surface area (Å²) in [6.45, 7) is 1.80. The summed E-state index contributed by atoms with van der Waals surface area (Å²) in [6.07, 6.45) is 2.83. The fourth-order valence-corrected chi connectivity index (χ4v) is 1.34. The SMILES string of the molecule is Cc1cc(C(=O)Nc2ccc(F)nc2)ccn1. The Labute approximate surface area is 97.5 Å². The fourth-order valence-electron chi connectivity index (χ4n) is 1.34. The molecule has 5 heteroatoms. The van der Waals surface area contributed by atoms with Crippen molar-refractivity contribution >= 4 is 11.6 Å². The maximum Gasteiger partial charge on any atom is 0.255 e. The molecule has 2 heterocycles. The van der Waals surface area contributed by atoms with E-state index in [0.717, 1.165) is 5.69 Å². The Morgan fingerprint density at radius 3 is 2.76 bits per heavy atom. The molecule has 0 saturated heterocycles. The maximum atomic E-state index is 12.6. The molecule has 2 aromatic heterocycles. The number of amides is 1. The number of carbonyl (C=O) groups excluding carboxylic acids is 1. The number of carbonyl (C=O) groups is 1. The van der Waals surface area contributed by atoms with E-state index in [1.54, 1.807) is 25.3 Å². The third kappa shape index (κ3) is 2.84. The summed E-state index contributed by atoms with van der Waals surface area (Å²) in [5.41, 5.74) is 1.71. The summed E-state index contributed by atoms with van der Waals surface area (Å²) in [7, 11) is 0. The lowest BCUT2D eigenvalue weighted by atomic mass is 10.2. The number of aromatic nitrogens is 2. The monoisotopic (exact) mass is 231 g/mol. The van der Waals surface area contributed by atoms with E-state index in [0.29, 0.717) is 11.3 Å². The summed E-state index contributed by atoms with van der Waals surface area (Å²) in [4.78, 5) is 19.2. The number of pyridine rings is 2. The van der Waals surface area contributed by atoms with Gasteiger partial charge in [-0.1, -0.05) is 0 Å². The number of anilines is 1. The Kier molecular flexibility index (Phi) is 3.09. The van der Waals surface area contributed by atoms with Crippen LogP contribution >= 0.6 is 0 Å². The molecule has 0 aliphatic rings. The minimum atomic E-state index is -0.581. The van der Waals surface area contributed by atoms with Gasteiger partial charge in [-0.15, -0.1) is 0 Å². The number of nitrogens with zero attached hydrogens (tertiary/aromatic N) is 2. The van der Waals surface area contributed by atoms with Crippen LogP contribution < -0.4 is 5.32 Å². The Hall–Kier alpha value is -2.30. The van der Waals surface area contributed by atoms with Crippen molar-refractivity contribution in [1.82, 2.24) is 9.97 Å². The van der Waals surface area contributed by atoms with Gasteiger partial charge in [0.05, 0.1) is 11.9 Å². The van der Waals surface area contributed by atoms with Crippen molar-refractivity contribution in [2.75, 3.05) is 5.32 Å². The minimum Gasteiger partial charge on any atom is -0.321 e. The summed E-state index contributed by atoms with van der Waals surface area (Å²) in [5, 5.41) is 2.62. The Morgan fingerprint density at radius 2 is 2.12 bits per heavy atom. The van der Waals surface area contributed by atoms with E-state index in [4.69, 9.17) is 0 Å². The van der Waals surface area contributed by atoms with E-state index in [2.05, 4.69) is 15.3 Å². The van der Waals surface area contributed by atoms with Crippen LogP contribution in [0.5, 0.6) is 0 Å². The second-order valence-electron chi connectivity index (χ2n) is 3.51. The van der Waals surface area contributed by atoms with Crippen LogP contribution in [0.1, 0.15) is 16.1 Å². The molecule has 0 aliphatic heterocycles. The van der Waals surface area contributed by atoms with Crippen LogP contribution in [0.4, 0.5) is 10.1 Å². The Balaban J connectivity index is 2.14. The Bertz CT molecular complexity index is 540. The molecule has 0 radical (unpaired) electrons. The highest BCUT2D eigenvalue weighted by Gasteiger charge is 2.06. The highest BCUT2D eigenvalue weighted by molar-refractivity contribution is 6.04. The molecule has 2 aromatic rings. The number of hydrogen-bond acceptors (Lipinski definition) is 3. The average molecular weight is 231 g/mol. The van der Waals surface area contributed by atoms with Crippen LogP contribution in [-0.4, -0.2) is 15.9 Å². The van der Waals surface area contributed by atoms with Crippen LogP contribution in [-0.2, 0) is 0 Å². The number of rotatable bonds is 2. The van der Waals surface area contributed by atoms with Crippen molar-refractivity contribution < 1.29 is 9.18 Å². The van der Waals surface area contributed by atoms with Gasteiger partial charge in [0.2, 0.25) is 5.95 Å². The highest BCUT2D eigenvalue weighted by atomic mass is 19.1. The molecule has 2 rings (SSSR count). The first-order chi connectivity index (χ1) is 8.15. The number of aryl methyl sites for hydroxylation is 1. The van der Waals surface area contributed by atoms with E-state index in [9.17, 15) is 9.18 Å². The van der Waals surface area contributed by atoms with Crippen LogP contribution in [0.2, 0.25) is 0 Å². The quantitative estimate of drug-likeness (QED) is 0.806. The lowest BCUT2D eigenvalue weighted by Gasteiger charge is -2.04. The van der Waals surface area contributed by atoms with Crippen LogP contribution in [0, 0.1) is 12.9 Å². The van der Waals surface area contributed by atoms with E-state index >= 15 is 0 Å². The van der Waals surface area contributed by atoms with Gasteiger partial charge in [-0.3, -0.25) is 9.78 Å². The number of nitrogens with one attached hydrogen (secondary N) is 1. The predicted molar refractivity (Wildman–Crippen MR) is 61.1 cm³/mol. The molecule has 86 valence electrons. The third-order valence-electron chi connectivity index (χ3n) is 2.14. The van der Waals surface area contributed by atoms with Gasteiger partial charge in [-0.25, -0.2) is 4.98 Å². The second kappa shape index (κ2) is 4.69. The molecule has 4 nitrogen and oxygen atoms in total. The summed E-state index contributed by atoms with van der Waals surface area (Å²) in [5.74, 6) is -0.855. The van der Waals surface area contributed by atoms with Crippen molar-refractivity contribution in [1.29, 1.82) is 0 Å². The van der Waals surface area contributed by atoms with E-state index < -0.39 is 5.95 Å². The van der Waals surface area contributed by atoms with Crippen molar-refractivity contribution in [3.63, 3.8) is 0 Å². The first kappa shape index (κ1) is 11.2. The normalized spacial score (nSPS) is 10.0. The minimum absolute atomic E-state index is 0.274. The van der Waals surface area contributed by atoms with Crippen molar-refractivity contribution in [3.8, 4) is 0 Å². The third-order valence-corrected chi connectivity index (χ3v) is 2.14. The maximum absolute atomic E-state index is 12.6. The molecule has 0 saturated carbocycles. The van der Waals surface area contributed by atoms with E-state index in [1.165, 1.54) is 18.3 Å². The van der Waals surface area contributed by atoms with Crippen molar-refractivity contribution in [3.05, 3.63) is 53.9 Å². The molecule has 0 aliphatic carbocycles. The molecule has 0 aromatic carbocycles. The molecule has 0 unspecified atom stereocenters. The zero-order valence-corrected chi connectivity index (χ0v) is 9.14. The first-order valence-electron chi connectivity index (χ1n) is 5.01. The molecule has 0 spiro atoms. The first-order valence-corrected chi connectivity index (χ1v) is 5.01. The predicted octanol–water partition coefficient (Wildman–Crippen LogP) is 2.18. The van der Waals surface area contributed by atoms with Gasteiger partial charge in [0.25, 0.3) is 5.91 Å². The van der Waals surface area contributed by atoms with Crippen molar-refractivity contribution in [2.45, 2.75) is 6.92 Å². The van der Waals surface area contributed by atoms with E-state index in [1.807, 2.05) is 0 Å². The van der Waals surface area contributed by atoms with Crippen LogP contribution in [0.25, 0.3) is 0 Å². The number of halogens is 1. The largest absolute Gasteiger partial charge is 0.321 e.